The summed E-state index contributed by atoms with van der Waals surface area (Å²) in [6.07, 6.45) is 1.88. The van der Waals surface area contributed by atoms with Gasteiger partial charge in [0, 0.05) is 0 Å². The number of carbonyl (C=O) groups excluding carboxylic acids is 1. The summed E-state index contributed by atoms with van der Waals surface area (Å²) in [4.78, 5) is 11.6. The maximum absolute atomic E-state index is 11.6. The second-order valence-electron chi connectivity index (χ2n) is 4.15. The van der Waals surface area contributed by atoms with E-state index in [2.05, 4.69) is 6.92 Å². The zero-order valence-electron chi connectivity index (χ0n) is 10.7. The van der Waals surface area contributed by atoms with E-state index in [0.29, 0.717) is 6.61 Å². The topological polar surface area (TPSA) is 35.5 Å². The summed E-state index contributed by atoms with van der Waals surface area (Å²) in [5.74, 6) is 0.667. The molecule has 94 valence electrons. The van der Waals surface area contributed by atoms with Crippen molar-refractivity contribution in [2.24, 2.45) is 5.92 Å². The molecule has 1 unspecified atom stereocenters. The lowest BCUT2D eigenvalue weighted by atomic mass is 10.1. The number of rotatable bonds is 6. The van der Waals surface area contributed by atoms with Crippen LogP contribution in [-0.4, -0.2) is 13.1 Å². The van der Waals surface area contributed by atoms with E-state index in [4.69, 9.17) is 9.47 Å². The van der Waals surface area contributed by atoms with Gasteiger partial charge in [-0.1, -0.05) is 32.4 Å². The molecule has 3 heteroatoms. The highest BCUT2D eigenvalue weighted by molar-refractivity contribution is 5.71. The quantitative estimate of drug-likeness (QED) is 0.712. The fourth-order valence-electron chi connectivity index (χ4n) is 1.57. The zero-order valence-corrected chi connectivity index (χ0v) is 10.7. The molecule has 0 N–H and O–H groups in total. The Hall–Kier alpha value is -1.51. The summed E-state index contributed by atoms with van der Waals surface area (Å²) in [6, 6.07) is 7.52. The van der Waals surface area contributed by atoms with Crippen LogP contribution in [-0.2, 0) is 16.1 Å². The molecule has 1 aromatic carbocycles. The molecule has 0 aliphatic heterocycles. The van der Waals surface area contributed by atoms with Crippen LogP contribution in [0.3, 0.4) is 0 Å². The van der Waals surface area contributed by atoms with Crippen molar-refractivity contribution < 1.29 is 14.3 Å². The fourth-order valence-corrected chi connectivity index (χ4v) is 1.57. The molecule has 3 nitrogen and oxygen atoms in total. The van der Waals surface area contributed by atoms with Crippen LogP contribution in [0.5, 0.6) is 5.75 Å². The summed E-state index contributed by atoms with van der Waals surface area (Å²) in [6.45, 7) is 4.30. The Labute approximate surface area is 103 Å². The predicted octanol–water partition coefficient (Wildman–Crippen LogP) is 3.17. The Morgan fingerprint density at radius 1 is 1.29 bits per heavy atom. The Kier molecular flexibility index (Phi) is 5.53. The van der Waals surface area contributed by atoms with Crippen molar-refractivity contribution in [2.45, 2.75) is 33.3 Å². The molecule has 0 heterocycles. The van der Waals surface area contributed by atoms with Crippen molar-refractivity contribution in [3.05, 3.63) is 29.8 Å². The smallest absolute Gasteiger partial charge is 0.308 e. The largest absolute Gasteiger partial charge is 0.497 e. The van der Waals surface area contributed by atoms with E-state index in [1.807, 2.05) is 31.2 Å². The fraction of sp³-hybridized carbons (Fsp3) is 0.500. The summed E-state index contributed by atoms with van der Waals surface area (Å²) >= 11 is 0. The molecule has 0 saturated heterocycles. The number of esters is 1. The SMILES string of the molecule is CCCC(C)C(=O)OCc1ccc(OC)cc1. The Bertz CT molecular complexity index is 343. The van der Waals surface area contributed by atoms with E-state index in [-0.39, 0.29) is 11.9 Å². The third-order valence-electron chi connectivity index (χ3n) is 2.66. The van der Waals surface area contributed by atoms with Crippen LogP contribution < -0.4 is 4.74 Å². The monoisotopic (exact) mass is 236 g/mol. The molecule has 1 aromatic rings. The molecule has 0 bridgehead atoms. The van der Waals surface area contributed by atoms with Gasteiger partial charge in [-0.15, -0.1) is 0 Å². The van der Waals surface area contributed by atoms with E-state index in [9.17, 15) is 4.79 Å². The second-order valence-corrected chi connectivity index (χ2v) is 4.15. The Morgan fingerprint density at radius 2 is 1.94 bits per heavy atom. The van der Waals surface area contributed by atoms with Crippen LogP contribution in [0.4, 0.5) is 0 Å². The molecular formula is C14H20O3. The average molecular weight is 236 g/mol. The minimum Gasteiger partial charge on any atom is -0.497 e. The summed E-state index contributed by atoms with van der Waals surface area (Å²) in [7, 11) is 1.63. The van der Waals surface area contributed by atoms with Gasteiger partial charge in [-0.2, -0.15) is 0 Å². The van der Waals surface area contributed by atoms with Crippen LogP contribution >= 0.6 is 0 Å². The van der Waals surface area contributed by atoms with Gasteiger partial charge in [0.25, 0.3) is 0 Å². The maximum atomic E-state index is 11.6. The second kappa shape index (κ2) is 6.94. The first kappa shape index (κ1) is 13.6. The number of hydrogen-bond donors (Lipinski definition) is 0. The number of ether oxygens (including phenoxy) is 2. The maximum Gasteiger partial charge on any atom is 0.308 e. The third kappa shape index (κ3) is 4.47. The molecular weight excluding hydrogens is 216 g/mol. The van der Waals surface area contributed by atoms with Gasteiger partial charge >= 0.3 is 5.97 Å². The molecule has 0 radical (unpaired) electrons. The zero-order chi connectivity index (χ0) is 12.7. The van der Waals surface area contributed by atoms with Crippen molar-refractivity contribution in [1.82, 2.24) is 0 Å². The number of carbonyl (C=O) groups is 1. The van der Waals surface area contributed by atoms with Crippen LogP contribution in [0.15, 0.2) is 24.3 Å². The van der Waals surface area contributed by atoms with Crippen LogP contribution in [0.2, 0.25) is 0 Å². The van der Waals surface area contributed by atoms with Crippen molar-refractivity contribution in [1.29, 1.82) is 0 Å². The molecule has 0 aliphatic rings. The molecule has 0 fully saturated rings. The molecule has 0 aliphatic carbocycles. The van der Waals surface area contributed by atoms with E-state index in [0.717, 1.165) is 24.2 Å². The van der Waals surface area contributed by atoms with Crippen molar-refractivity contribution in [2.75, 3.05) is 7.11 Å². The standard InChI is InChI=1S/C14H20O3/c1-4-5-11(2)14(15)17-10-12-6-8-13(16-3)9-7-12/h6-9,11H,4-5,10H2,1-3H3. The minimum atomic E-state index is -0.123. The summed E-state index contributed by atoms with van der Waals surface area (Å²) < 4.78 is 10.3. The van der Waals surface area contributed by atoms with Gasteiger partial charge in [0.1, 0.15) is 12.4 Å². The van der Waals surface area contributed by atoms with E-state index in [1.165, 1.54) is 0 Å². The van der Waals surface area contributed by atoms with Crippen molar-refractivity contribution in [3.8, 4) is 5.75 Å². The van der Waals surface area contributed by atoms with Gasteiger partial charge in [-0.3, -0.25) is 4.79 Å². The van der Waals surface area contributed by atoms with E-state index < -0.39 is 0 Å². The van der Waals surface area contributed by atoms with E-state index >= 15 is 0 Å². The van der Waals surface area contributed by atoms with Gasteiger partial charge in [0.05, 0.1) is 13.0 Å². The molecule has 0 spiro atoms. The summed E-state index contributed by atoms with van der Waals surface area (Å²) in [5.41, 5.74) is 0.975. The van der Waals surface area contributed by atoms with Crippen molar-refractivity contribution in [3.63, 3.8) is 0 Å². The first-order valence-electron chi connectivity index (χ1n) is 5.97. The Balaban J connectivity index is 2.41. The highest BCUT2D eigenvalue weighted by Gasteiger charge is 2.12. The van der Waals surface area contributed by atoms with Gasteiger partial charge in [0.2, 0.25) is 0 Å². The summed E-state index contributed by atoms with van der Waals surface area (Å²) in [5, 5.41) is 0. The molecule has 1 atom stereocenters. The van der Waals surface area contributed by atoms with Crippen molar-refractivity contribution >= 4 is 5.97 Å². The third-order valence-corrected chi connectivity index (χ3v) is 2.66. The lowest BCUT2D eigenvalue weighted by Gasteiger charge is -2.10. The first-order valence-corrected chi connectivity index (χ1v) is 5.97. The predicted molar refractivity (Wildman–Crippen MR) is 66.9 cm³/mol. The average Bonchev–Trinajstić information content (AvgIpc) is 2.36. The molecule has 0 saturated carbocycles. The highest BCUT2D eigenvalue weighted by atomic mass is 16.5. The highest BCUT2D eigenvalue weighted by Crippen LogP contribution is 2.13. The Morgan fingerprint density at radius 3 is 2.47 bits per heavy atom. The van der Waals surface area contributed by atoms with Gasteiger partial charge in [-0.05, 0) is 24.1 Å². The van der Waals surface area contributed by atoms with Crippen LogP contribution in [0.1, 0.15) is 32.3 Å². The molecule has 17 heavy (non-hydrogen) atoms. The molecule has 0 aromatic heterocycles. The molecule has 0 amide bonds. The van der Waals surface area contributed by atoms with Crippen LogP contribution in [0, 0.1) is 5.92 Å². The minimum absolute atomic E-state index is 0.0155. The van der Waals surface area contributed by atoms with Gasteiger partial charge in [0.15, 0.2) is 0 Å². The van der Waals surface area contributed by atoms with Crippen LogP contribution in [0.25, 0.3) is 0 Å². The lowest BCUT2D eigenvalue weighted by molar-refractivity contribution is -0.149. The van der Waals surface area contributed by atoms with Gasteiger partial charge in [-0.25, -0.2) is 0 Å². The first-order chi connectivity index (χ1) is 8.17. The molecule has 1 rings (SSSR count). The normalized spacial score (nSPS) is 11.9. The van der Waals surface area contributed by atoms with Gasteiger partial charge < -0.3 is 9.47 Å². The lowest BCUT2D eigenvalue weighted by Crippen LogP contribution is -2.14. The number of methoxy groups -OCH3 is 1. The van der Waals surface area contributed by atoms with E-state index in [1.54, 1.807) is 7.11 Å². The number of hydrogen-bond acceptors (Lipinski definition) is 3. The number of benzene rings is 1.